The number of nitrogens with one attached hydrogen (secondary N) is 3. The lowest BCUT2D eigenvalue weighted by Gasteiger charge is -2.34. The van der Waals surface area contributed by atoms with Crippen molar-refractivity contribution in [3.05, 3.63) is 30.0 Å². The SMILES string of the molecule is C[C@H]1CN(C(=O)OC2CCCC2)c2cc(/C(C=N)=C/NC3CC3)ccc2N1. The molecule has 1 aliphatic heterocycles. The maximum absolute atomic E-state index is 12.8. The lowest BCUT2D eigenvalue weighted by atomic mass is 10.0. The van der Waals surface area contributed by atoms with Crippen LogP contribution in [0.1, 0.15) is 51.0 Å². The molecule has 4 rings (SSSR count). The third-order valence-electron chi connectivity index (χ3n) is 5.48. The fourth-order valence-electron chi connectivity index (χ4n) is 3.79. The van der Waals surface area contributed by atoms with Gasteiger partial charge in [-0.2, -0.15) is 0 Å². The van der Waals surface area contributed by atoms with Crippen LogP contribution in [-0.2, 0) is 4.74 Å². The monoisotopic (exact) mass is 368 g/mol. The van der Waals surface area contributed by atoms with E-state index in [-0.39, 0.29) is 18.2 Å². The Morgan fingerprint density at radius 1 is 1.30 bits per heavy atom. The first kappa shape index (κ1) is 17.9. The van der Waals surface area contributed by atoms with Gasteiger partial charge in [-0.15, -0.1) is 0 Å². The second-order valence-electron chi connectivity index (χ2n) is 7.86. The van der Waals surface area contributed by atoms with Crippen LogP contribution in [0.2, 0.25) is 0 Å². The molecule has 2 fully saturated rings. The molecule has 144 valence electrons. The maximum atomic E-state index is 12.8. The van der Waals surface area contributed by atoms with E-state index in [9.17, 15) is 4.79 Å². The molecule has 6 nitrogen and oxygen atoms in total. The van der Waals surface area contributed by atoms with Crippen LogP contribution in [0, 0.1) is 5.41 Å². The molecule has 0 spiro atoms. The minimum absolute atomic E-state index is 0.0501. The maximum Gasteiger partial charge on any atom is 0.414 e. The van der Waals surface area contributed by atoms with E-state index in [1.165, 1.54) is 19.1 Å². The topological polar surface area (TPSA) is 77.5 Å². The van der Waals surface area contributed by atoms with Crippen LogP contribution in [0.5, 0.6) is 0 Å². The first-order chi connectivity index (χ1) is 13.1. The minimum Gasteiger partial charge on any atom is -0.446 e. The molecule has 6 heteroatoms. The molecule has 27 heavy (non-hydrogen) atoms. The Morgan fingerprint density at radius 2 is 2.07 bits per heavy atom. The van der Waals surface area contributed by atoms with Gasteiger partial charge >= 0.3 is 6.09 Å². The van der Waals surface area contributed by atoms with Gasteiger partial charge in [0.05, 0.1) is 11.4 Å². The van der Waals surface area contributed by atoms with Crippen LogP contribution >= 0.6 is 0 Å². The van der Waals surface area contributed by atoms with E-state index in [0.29, 0.717) is 12.6 Å². The second-order valence-corrected chi connectivity index (χ2v) is 7.86. The van der Waals surface area contributed by atoms with Gasteiger partial charge in [-0.3, -0.25) is 4.90 Å². The van der Waals surface area contributed by atoms with Gasteiger partial charge in [-0.05, 0) is 63.1 Å². The number of amides is 1. The summed E-state index contributed by atoms with van der Waals surface area (Å²) in [6.45, 7) is 2.64. The predicted octanol–water partition coefficient (Wildman–Crippen LogP) is 4.13. The molecule has 0 saturated heterocycles. The lowest BCUT2D eigenvalue weighted by Crippen LogP contribution is -2.44. The summed E-state index contributed by atoms with van der Waals surface area (Å²) in [6.07, 6.45) is 9.64. The molecule has 1 amide bonds. The highest BCUT2D eigenvalue weighted by atomic mass is 16.6. The summed E-state index contributed by atoms with van der Waals surface area (Å²) in [5, 5.41) is 14.5. The third-order valence-corrected chi connectivity index (χ3v) is 5.48. The molecule has 0 radical (unpaired) electrons. The first-order valence-corrected chi connectivity index (χ1v) is 10.00. The average Bonchev–Trinajstić information content (AvgIpc) is 3.36. The number of allylic oxidation sites excluding steroid dienone is 1. The van der Waals surface area contributed by atoms with Crippen molar-refractivity contribution in [2.75, 3.05) is 16.8 Å². The van der Waals surface area contributed by atoms with Crippen LogP contribution in [0.25, 0.3) is 5.57 Å². The van der Waals surface area contributed by atoms with Gasteiger partial charge in [0.15, 0.2) is 0 Å². The quantitative estimate of drug-likeness (QED) is 0.683. The van der Waals surface area contributed by atoms with Gasteiger partial charge in [-0.25, -0.2) is 4.79 Å². The highest BCUT2D eigenvalue weighted by Gasteiger charge is 2.30. The van der Waals surface area contributed by atoms with Crippen LogP contribution in [-0.4, -0.2) is 37.0 Å². The van der Waals surface area contributed by atoms with Crippen LogP contribution in [0.15, 0.2) is 24.4 Å². The van der Waals surface area contributed by atoms with Crippen molar-refractivity contribution in [1.29, 1.82) is 5.41 Å². The number of carbonyl (C=O) groups is 1. The summed E-state index contributed by atoms with van der Waals surface area (Å²) in [5.41, 5.74) is 3.49. The Balaban J connectivity index is 1.58. The highest BCUT2D eigenvalue weighted by molar-refractivity contribution is 6.09. The number of fused-ring (bicyclic) bond motifs is 1. The van der Waals surface area contributed by atoms with Crippen LogP contribution < -0.4 is 15.5 Å². The zero-order chi connectivity index (χ0) is 18.8. The molecule has 1 aromatic rings. The molecule has 3 aliphatic rings. The summed E-state index contributed by atoms with van der Waals surface area (Å²) in [6, 6.07) is 6.67. The Bertz CT molecular complexity index is 751. The first-order valence-electron chi connectivity index (χ1n) is 10.00. The number of anilines is 2. The van der Waals surface area contributed by atoms with Gasteiger partial charge in [0, 0.05) is 36.6 Å². The van der Waals surface area contributed by atoms with E-state index in [2.05, 4.69) is 17.6 Å². The summed E-state index contributed by atoms with van der Waals surface area (Å²) in [7, 11) is 0. The Hall–Kier alpha value is -2.50. The van der Waals surface area contributed by atoms with Gasteiger partial charge in [-0.1, -0.05) is 6.07 Å². The zero-order valence-corrected chi connectivity index (χ0v) is 15.8. The summed E-state index contributed by atoms with van der Waals surface area (Å²) < 4.78 is 5.76. The average molecular weight is 368 g/mol. The number of hydrogen-bond donors (Lipinski definition) is 3. The minimum atomic E-state index is -0.259. The Morgan fingerprint density at radius 3 is 2.78 bits per heavy atom. The fraction of sp³-hybridized carbons (Fsp3) is 0.524. The number of carbonyl (C=O) groups excluding carboxylic acids is 1. The van der Waals surface area contributed by atoms with E-state index in [1.54, 1.807) is 4.90 Å². The van der Waals surface area contributed by atoms with Crippen molar-refractivity contribution in [2.24, 2.45) is 0 Å². The molecule has 0 unspecified atom stereocenters. The number of hydrogen-bond acceptors (Lipinski definition) is 5. The van der Waals surface area contributed by atoms with E-state index < -0.39 is 0 Å². The van der Waals surface area contributed by atoms with Gasteiger partial charge in [0.2, 0.25) is 0 Å². The Kier molecular flexibility index (Phi) is 5.05. The predicted molar refractivity (Wildman–Crippen MR) is 109 cm³/mol. The molecule has 0 aromatic heterocycles. The number of nitrogens with zero attached hydrogens (tertiary/aromatic N) is 1. The van der Waals surface area contributed by atoms with Crippen molar-refractivity contribution < 1.29 is 9.53 Å². The molecular formula is C21H28N4O2. The summed E-state index contributed by atoms with van der Waals surface area (Å²) in [4.78, 5) is 14.6. The summed E-state index contributed by atoms with van der Waals surface area (Å²) >= 11 is 0. The van der Waals surface area contributed by atoms with Crippen molar-refractivity contribution in [2.45, 2.75) is 63.6 Å². The van der Waals surface area contributed by atoms with Gasteiger partial charge in [0.25, 0.3) is 0 Å². The van der Waals surface area contributed by atoms with Gasteiger partial charge < -0.3 is 20.8 Å². The van der Waals surface area contributed by atoms with Crippen LogP contribution in [0.4, 0.5) is 16.2 Å². The van der Waals surface area contributed by atoms with Crippen molar-refractivity contribution in [3.63, 3.8) is 0 Å². The summed E-state index contributed by atoms with van der Waals surface area (Å²) in [5.74, 6) is 0. The van der Waals surface area contributed by atoms with Gasteiger partial charge in [0.1, 0.15) is 6.10 Å². The fourth-order valence-corrected chi connectivity index (χ4v) is 3.79. The molecule has 2 saturated carbocycles. The second kappa shape index (κ2) is 7.62. The lowest BCUT2D eigenvalue weighted by molar-refractivity contribution is 0.107. The van der Waals surface area contributed by atoms with E-state index in [4.69, 9.17) is 10.1 Å². The molecule has 1 aromatic carbocycles. The number of rotatable bonds is 5. The molecular weight excluding hydrogens is 340 g/mol. The number of benzene rings is 1. The van der Waals surface area contributed by atoms with Crippen molar-refractivity contribution in [1.82, 2.24) is 5.32 Å². The molecule has 2 aliphatic carbocycles. The van der Waals surface area contributed by atoms with E-state index >= 15 is 0 Å². The standard InChI is InChI=1S/C21H28N4O2/c1-14-13-25(21(26)27-18-4-2-3-5-18)20-10-15(6-9-19(20)24-14)16(11-22)12-23-17-7-8-17/h6,9-12,14,17-18,22-24H,2-5,7-8,13H2,1H3/b16-12+,22-11?/t14-/m0/s1. The van der Waals surface area contributed by atoms with Crippen molar-refractivity contribution >= 4 is 29.3 Å². The molecule has 0 bridgehead atoms. The highest BCUT2D eigenvalue weighted by Crippen LogP contribution is 2.35. The smallest absolute Gasteiger partial charge is 0.414 e. The normalized spacial score (nSPS) is 22.8. The van der Waals surface area contributed by atoms with E-state index in [1.807, 2.05) is 24.4 Å². The molecule has 1 heterocycles. The molecule has 3 N–H and O–H groups in total. The van der Waals surface area contributed by atoms with Crippen LogP contribution in [0.3, 0.4) is 0 Å². The largest absolute Gasteiger partial charge is 0.446 e. The Labute approximate surface area is 160 Å². The van der Waals surface area contributed by atoms with E-state index in [0.717, 1.165) is 48.2 Å². The third kappa shape index (κ3) is 4.10. The zero-order valence-electron chi connectivity index (χ0n) is 15.8. The van der Waals surface area contributed by atoms with Crippen molar-refractivity contribution in [3.8, 4) is 0 Å². The number of ether oxygens (including phenoxy) is 1. The molecule has 1 atom stereocenters.